The fourth-order valence-corrected chi connectivity index (χ4v) is 2.56. The molecule has 0 amide bonds. The lowest BCUT2D eigenvalue weighted by molar-refractivity contribution is 0.482. The van der Waals surface area contributed by atoms with Crippen LogP contribution in [-0.2, 0) is 7.05 Å². The van der Waals surface area contributed by atoms with E-state index in [4.69, 9.17) is 0 Å². The van der Waals surface area contributed by atoms with Crippen LogP contribution in [0.4, 0.5) is 5.69 Å². The maximum Gasteiger partial charge on any atom is 0.0825 e. The van der Waals surface area contributed by atoms with E-state index in [-0.39, 0.29) is 0 Å². The van der Waals surface area contributed by atoms with Gasteiger partial charge in [-0.2, -0.15) is 5.10 Å². The van der Waals surface area contributed by atoms with Crippen molar-refractivity contribution in [2.75, 3.05) is 5.32 Å². The van der Waals surface area contributed by atoms with Gasteiger partial charge >= 0.3 is 0 Å². The highest BCUT2D eigenvalue weighted by molar-refractivity contribution is 5.46. The van der Waals surface area contributed by atoms with E-state index >= 15 is 0 Å². The second-order valence-corrected chi connectivity index (χ2v) is 4.78. The molecule has 1 aromatic heterocycles. The Morgan fingerprint density at radius 3 is 2.67 bits per heavy atom. The normalized spacial score (nSPS) is 19.4. The van der Waals surface area contributed by atoms with E-state index in [1.54, 1.807) is 0 Å². The van der Waals surface area contributed by atoms with Crippen LogP contribution in [0.5, 0.6) is 0 Å². The maximum absolute atomic E-state index is 4.34. The molecule has 1 atom stereocenters. The molecule has 1 aliphatic carbocycles. The summed E-state index contributed by atoms with van der Waals surface area (Å²) >= 11 is 0. The van der Waals surface area contributed by atoms with Crippen molar-refractivity contribution in [1.29, 1.82) is 0 Å². The first-order valence-corrected chi connectivity index (χ1v) is 5.93. The molecule has 0 radical (unpaired) electrons. The minimum Gasteiger partial charge on any atom is -0.380 e. The van der Waals surface area contributed by atoms with Gasteiger partial charge in [0.15, 0.2) is 0 Å². The molecule has 3 heteroatoms. The van der Waals surface area contributed by atoms with Crippen LogP contribution in [0.15, 0.2) is 6.20 Å². The van der Waals surface area contributed by atoms with E-state index in [0.29, 0.717) is 6.04 Å². The lowest BCUT2D eigenvalue weighted by Gasteiger charge is -2.20. The Morgan fingerprint density at radius 2 is 2.13 bits per heavy atom. The molecular formula is C12H21N3. The number of nitrogens with one attached hydrogen (secondary N) is 1. The molecule has 1 unspecified atom stereocenters. The predicted molar refractivity (Wildman–Crippen MR) is 63.0 cm³/mol. The first-order valence-electron chi connectivity index (χ1n) is 5.93. The molecule has 0 saturated heterocycles. The zero-order valence-electron chi connectivity index (χ0n) is 9.95. The van der Waals surface area contributed by atoms with Gasteiger partial charge in [0.05, 0.1) is 11.4 Å². The van der Waals surface area contributed by atoms with Crippen LogP contribution >= 0.6 is 0 Å². The highest BCUT2D eigenvalue weighted by atomic mass is 15.3. The first-order chi connectivity index (χ1) is 7.16. The first kappa shape index (κ1) is 10.5. The third kappa shape index (κ3) is 2.33. The van der Waals surface area contributed by atoms with Crippen LogP contribution in [-0.4, -0.2) is 15.8 Å². The van der Waals surface area contributed by atoms with Crippen molar-refractivity contribution < 1.29 is 0 Å². The molecule has 84 valence electrons. The summed E-state index contributed by atoms with van der Waals surface area (Å²) in [4.78, 5) is 0. The van der Waals surface area contributed by atoms with Crippen LogP contribution in [0, 0.1) is 12.8 Å². The molecule has 1 aliphatic rings. The van der Waals surface area contributed by atoms with Crippen molar-refractivity contribution in [3.05, 3.63) is 11.9 Å². The number of hydrogen-bond donors (Lipinski definition) is 1. The number of anilines is 1. The van der Waals surface area contributed by atoms with Gasteiger partial charge in [-0.05, 0) is 32.6 Å². The standard InChI is InChI=1S/C12H21N3/c1-9(11-6-4-5-7-11)13-12-8-15(3)14-10(12)2/h8-9,11,13H,4-7H2,1-3H3. The molecule has 0 aromatic carbocycles. The highest BCUT2D eigenvalue weighted by Gasteiger charge is 2.21. The van der Waals surface area contributed by atoms with Gasteiger partial charge in [0.25, 0.3) is 0 Å². The lowest BCUT2D eigenvalue weighted by Crippen LogP contribution is -2.23. The molecule has 1 heterocycles. The van der Waals surface area contributed by atoms with Crippen molar-refractivity contribution in [2.45, 2.75) is 45.6 Å². The maximum atomic E-state index is 4.34. The van der Waals surface area contributed by atoms with Gasteiger partial charge in [-0.25, -0.2) is 0 Å². The Kier molecular flexibility index (Phi) is 2.98. The summed E-state index contributed by atoms with van der Waals surface area (Å²) in [7, 11) is 1.97. The van der Waals surface area contributed by atoms with Crippen molar-refractivity contribution in [3.63, 3.8) is 0 Å². The average molecular weight is 207 g/mol. The van der Waals surface area contributed by atoms with Crippen LogP contribution in [0.2, 0.25) is 0 Å². The smallest absolute Gasteiger partial charge is 0.0825 e. The molecule has 1 fully saturated rings. The summed E-state index contributed by atoms with van der Waals surface area (Å²) in [5.74, 6) is 0.851. The van der Waals surface area contributed by atoms with Crippen LogP contribution in [0.1, 0.15) is 38.3 Å². The predicted octanol–water partition coefficient (Wildman–Crippen LogP) is 2.72. The van der Waals surface area contributed by atoms with Gasteiger partial charge in [0, 0.05) is 19.3 Å². The van der Waals surface area contributed by atoms with Crippen molar-refractivity contribution >= 4 is 5.69 Å². The molecule has 1 N–H and O–H groups in total. The van der Waals surface area contributed by atoms with E-state index < -0.39 is 0 Å². The minimum absolute atomic E-state index is 0.579. The molecule has 1 aromatic rings. The zero-order valence-corrected chi connectivity index (χ0v) is 9.95. The quantitative estimate of drug-likeness (QED) is 0.826. The van der Waals surface area contributed by atoms with Gasteiger partial charge in [-0.15, -0.1) is 0 Å². The average Bonchev–Trinajstić information content (AvgIpc) is 2.76. The Balaban J connectivity index is 1.98. The molecule has 0 spiro atoms. The van der Waals surface area contributed by atoms with E-state index in [2.05, 4.69) is 30.5 Å². The SMILES string of the molecule is Cc1nn(C)cc1NC(C)C1CCCC1. The van der Waals surface area contributed by atoms with E-state index in [9.17, 15) is 0 Å². The number of aromatic nitrogens is 2. The summed E-state index contributed by atoms with van der Waals surface area (Å²) in [5, 5.41) is 7.93. The van der Waals surface area contributed by atoms with E-state index in [0.717, 1.165) is 11.6 Å². The third-order valence-corrected chi connectivity index (χ3v) is 3.50. The Hall–Kier alpha value is -0.990. The summed E-state index contributed by atoms with van der Waals surface area (Å²) in [6.45, 7) is 4.35. The van der Waals surface area contributed by atoms with E-state index in [1.807, 2.05) is 11.7 Å². The fourth-order valence-electron chi connectivity index (χ4n) is 2.56. The largest absolute Gasteiger partial charge is 0.380 e. The van der Waals surface area contributed by atoms with Gasteiger partial charge < -0.3 is 5.32 Å². The Bertz CT molecular complexity index is 324. The van der Waals surface area contributed by atoms with Gasteiger partial charge in [0.2, 0.25) is 0 Å². The zero-order chi connectivity index (χ0) is 10.8. The Labute approximate surface area is 91.9 Å². The summed E-state index contributed by atoms with van der Waals surface area (Å²) in [6.07, 6.45) is 7.65. The topological polar surface area (TPSA) is 29.9 Å². The molecule has 2 rings (SSSR count). The number of nitrogens with zero attached hydrogens (tertiary/aromatic N) is 2. The number of hydrogen-bond acceptors (Lipinski definition) is 2. The second-order valence-electron chi connectivity index (χ2n) is 4.78. The van der Waals surface area contributed by atoms with Crippen LogP contribution in [0.25, 0.3) is 0 Å². The van der Waals surface area contributed by atoms with Crippen LogP contribution < -0.4 is 5.32 Å². The second kappa shape index (κ2) is 4.25. The molecule has 0 bridgehead atoms. The third-order valence-electron chi connectivity index (χ3n) is 3.50. The van der Waals surface area contributed by atoms with Crippen molar-refractivity contribution in [3.8, 4) is 0 Å². The van der Waals surface area contributed by atoms with E-state index in [1.165, 1.54) is 31.4 Å². The number of aryl methyl sites for hydroxylation is 2. The molecular weight excluding hydrogens is 186 g/mol. The molecule has 0 aliphatic heterocycles. The summed E-state index contributed by atoms with van der Waals surface area (Å²) < 4.78 is 1.87. The lowest BCUT2D eigenvalue weighted by atomic mass is 10.00. The van der Waals surface area contributed by atoms with Gasteiger partial charge in [0.1, 0.15) is 0 Å². The van der Waals surface area contributed by atoms with Gasteiger partial charge in [-0.3, -0.25) is 4.68 Å². The highest BCUT2D eigenvalue weighted by Crippen LogP contribution is 2.29. The van der Waals surface area contributed by atoms with Gasteiger partial charge in [-0.1, -0.05) is 12.8 Å². The van der Waals surface area contributed by atoms with Crippen molar-refractivity contribution in [2.24, 2.45) is 13.0 Å². The fraction of sp³-hybridized carbons (Fsp3) is 0.750. The molecule has 3 nitrogen and oxygen atoms in total. The number of rotatable bonds is 3. The Morgan fingerprint density at radius 1 is 1.47 bits per heavy atom. The van der Waals surface area contributed by atoms with Crippen LogP contribution in [0.3, 0.4) is 0 Å². The minimum atomic E-state index is 0.579. The summed E-state index contributed by atoms with van der Waals surface area (Å²) in [6, 6.07) is 0.579. The summed E-state index contributed by atoms with van der Waals surface area (Å²) in [5.41, 5.74) is 2.29. The monoisotopic (exact) mass is 207 g/mol. The molecule has 1 saturated carbocycles. The molecule has 15 heavy (non-hydrogen) atoms. The van der Waals surface area contributed by atoms with Crippen molar-refractivity contribution in [1.82, 2.24) is 9.78 Å².